The summed E-state index contributed by atoms with van der Waals surface area (Å²) in [6, 6.07) is 7.76. The average molecular weight is 286 g/mol. The Morgan fingerprint density at radius 2 is 2.05 bits per heavy atom. The quantitative estimate of drug-likeness (QED) is 0.854. The molecule has 0 fully saturated rings. The summed E-state index contributed by atoms with van der Waals surface area (Å²) in [4.78, 5) is 9.17. The van der Waals surface area contributed by atoms with Gasteiger partial charge < -0.3 is 15.8 Å². The Bertz CT molecular complexity index is 599. The zero-order valence-electron chi connectivity index (χ0n) is 12.8. The Morgan fingerprint density at radius 3 is 2.71 bits per heavy atom. The van der Waals surface area contributed by atoms with Crippen LogP contribution < -0.4 is 15.8 Å². The second-order valence-electron chi connectivity index (χ2n) is 5.06. The fourth-order valence-electron chi connectivity index (χ4n) is 2.14. The van der Waals surface area contributed by atoms with Gasteiger partial charge in [-0.1, -0.05) is 26.0 Å². The fourth-order valence-corrected chi connectivity index (χ4v) is 2.14. The number of methoxy groups -OCH3 is 1. The van der Waals surface area contributed by atoms with Crippen LogP contribution in [0.5, 0.6) is 5.75 Å². The summed E-state index contributed by atoms with van der Waals surface area (Å²) in [6.07, 6.45) is 1.82. The molecule has 5 nitrogen and oxygen atoms in total. The van der Waals surface area contributed by atoms with Crippen molar-refractivity contribution < 1.29 is 4.74 Å². The first kappa shape index (κ1) is 15.3. The summed E-state index contributed by atoms with van der Waals surface area (Å²) in [6.45, 7) is 5.51. The third-order valence-corrected chi connectivity index (χ3v) is 3.17. The van der Waals surface area contributed by atoms with E-state index in [4.69, 9.17) is 15.5 Å². The fraction of sp³-hybridized carbons (Fsp3) is 0.375. The molecule has 1 heterocycles. The van der Waals surface area contributed by atoms with Crippen LogP contribution in [0.4, 0.5) is 5.69 Å². The zero-order valence-corrected chi connectivity index (χ0v) is 12.8. The van der Waals surface area contributed by atoms with Gasteiger partial charge in [0, 0.05) is 13.1 Å². The molecule has 0 amide bonds. The summed E-state index contributed by atoms with van der Waals surface area (Å²) in [5.74, 6) is 1.74. The number of ether oxygens (including phenoxy) is 1. The number of nitrogens with one attached hydrogen (secondary N) is 1. The van der Waals surface area contributed by atoms with E-state index in [1.54, 1.807) is 7.11 Å². The largest absolute Gasteiger partial charge is 0.496 e. The molecular formula is C16H22N4O. The van der Waals surface area contributed by atoms with Crippen molar-refractivity contribution in [2.45, 2.75) is 19.8 Å². The number of aromatic nitrogens is 2. The van der Waals surface area contributed by atoms with Crippen LogP contribution in [0.25, 0.3) is 11.4 Å². The number of hydrogen-bond acceptors (Lipinski definition) is 5. The lowest BCUT2D eigenvalue weighted by Crippen LogP contribution is -2.15. The molecule has 0 saturated carbocycles. The van der Waals surface area contributed by atoms with Gasteiger partial charge in [0.1, 0.15) is 5.75 Å². The summed E-state index contributed by atoms with van der Waals surface area (Å²) in [5.41, 5.74) is 8.36. The van der Waals surface area contributed by atoms with Gasteiger partial charge in [-0.05, 0) is 18.1 Å². The van der Waals surface area contributed by atoms with Gasteiger partial charge in [0.25, 0.3) is 0 Å². The smallest absolute Gasteiger partial charge is 0.163 e. The van der Waals surface area contributed by atoms with Crippen molar-refractivity contribution in [3.05, 3.63) is 36.2 Å². The van der Waals surface area contributed by atoms with Gasteiger partial charge in [0.15, 0.2) is 5.82 Å². The van der Waals surface area contributed by atoms with E-state index in [9.17, 15) is 0 Å². The van der Waals surface area contributed by atoms with Crippen molar-refractivity contribution in [1.29, 1.82) is 0 Å². The average Bonchev–Trinajstić information content (AvgIpc) is 2.52. The van der Waals surface area contributed by atoms with Crippen molar-refractivity contribution >= 4 is 5.69 Å². The first-order chi connectivity index (χ1) is 10.2. The van der Waals surface area contributed by atoms with E-state index in [1.165, 1.54) is 0 Å². The Kier molecular flexibility index (Phi) is 5.11. The maximum Gasteiger partial charge on any atom is 0.163 e. The molecule has 0 aliphatic heterocycles. The van der Waals surface area contributed by atoms with Crippen molar-refractivity contribution in [2.75, 3.05) is 25.5 Å². The van der Waals surface area contributed by atoms with Crippen LogP contribution in [0, 0.1) is 0 Å². The Balaban J connectivity index is 2.44. The number of anilines is 1. The van der Waals surface area contributed by atoms with Crippen molar-refractivity contribution in [1.82, 2.24) is 9.97 Å². The van der Waals surface area contributed by atoms with Gasteiger partial charge >= 0.3 is 0 Å². The zero-order chi connectivity index (χ0) is 15.2. The molecule has 1 aromatic carbocycles. The van der Waals surface area contributed by atoms with E-state index in [0.29, 0.717) is 24.8 Å². The molecular weight excluding hydrogens is 264 g/mol. The second kappa shape index (κ2) is 7.04. The van der Waals surface area contributed by atoms with Gasteiger partial charge in [-0.2, -0.15) is 0 Å². The molecule has 21 heavy (non-hydrogen) atoms. The minimum Gasteiger partial charge on any atom is -0.496 e. The lowest BCUT2D eigenvalue weighted by Gasteiger charge is -2.15. The summed E-state index contributed by atoms with van der Waals surface area (Å²) < 4.78 is 5.38. The molecule has 1 aromatic heterocycles. The Hall–Kier alpha value is -2.14. The Labute approximate surface area is 125 Å². The third-order valence-electron chi connectivity index (χ3n) is 3.17. The van der Waals surface area contributed by atoms with E-state index >= 15 is 0 Å². The van der Waals surface area contributed by atoms with Gasteiger partial charge in [-0.15, -0.1) is 0 Å². The van der Waals surface area contributed by atoms with Crippen LogP contribution in [-0.2, 0) is 0 Å². The normalized spacial score (nSPS) is 10.7. The van der Waals surface area contributed by atoms with Crippen molar-refractivity contribution in [2.24, 2.45) is 5.73 Å². The summed E-state index contributed by atoms with van der Waals surface area (Å²) in [5, 5.41) is 3.27. The van der Waals surface area contributed by atoms with Crippen LogP contribution in [0.2, 0.25) is 0 Å². The minimum atomic E-state index is 0.293. The number of nitrogens with two attached hydrogens (primary N) is 1. The second-order valence-corrected chi connectivity index (χ2v) is 5.06. The van der Waals surface area contributed by atoms with Gasteiger partial charge in [0.2, 0.25) is 0 Å². The molecule has 0 aliphatic rings. The molecule has 0 spiro atoms. The molecule has 0 saturated heterocycles. The van der Waals surface area contributed by atoms with Crippen LogP contribution in [0.15, 0.2) is 30.5 Å². The number of hydrogen-bond donors (Lipinski definition) is 2. The molecule has 5 heteroatoms. The highest BCUT2D eigenvalue weighted by atomic mass is 16.5. The Morgan fingerprint density at radius 1 is 1.29 bits per heavy atom. The number of rotatable bonds is 6. The molecule has 2 aromatic rings. The third kappa shape index (κ3) is 3.49. The standard InChI is InChI=1S/C16H22N4O/c1-11(2)15-13(18-9-8-17)10-19-16(20-15)12-6-4-5-7-14(12)21-3/h4-7,10-11,18H,8-9,17H2,1-3H3. The number of para-hydroxylation sites is 1. The topological polar surface area (TPSA) is 73.1 Å². The van der Waals surface area contributed by atoms with Gasteiger partial charge in [0.05, 0.1) is 30.3 Å². The molecule has 0 unspecified atom stereocenters. The maximum absolute atomic E-state index is 5.54. The molecule has 112 valence electrons. The van der Waals surface area contributed by atoms with E-state index in [2.05, 4.69) is 24.1 Å². The highest BCUT2D eigenvalue weighted by Gasteiger charge is 2.14. The first-order valence-corrected chi connectivity index (χ1v) is 7.11. The predicted molar refractivity (Wildman–Crippen MR) is 85.7 cm³/mol. The van der Waals surface area contributed by atoms with E-state index in [0.717, 1.165) is 22.7 Å². The monoisotopic (exact) mass is 286 g/mol. The summed E-state index contributed by atoms with van der Waals surface area (Å²) >= 11 is 0. The molecule has 0 atom stereocenters. The van der Waals surface area contributed by atoms with Crippen LogP contribution in [0.1, 0.15) is 25.5 Å². The summed E-state index contributed by atoms with van der Waals surface area (Å²) in [7, 11) is 1.65. The van der Waals surface area contributed by atoms with Crippen molar-refractivity contribution in [3.8, 4) is 17.1 Å². The minimum absolute atomic E-state index is 0.293. The van der Waals surface area contributed by atoms with Crippen LogP contribution in [0.3, 0.4) is 0 Å². The lowest BCUT2D eigenvalue weighted by atomic mass is 10.1. The predicted octanol–water partition coefficient (Wildman–Crippen LogP) is 2.65. The number of nitrogens with zero attached hydrogens (tertiary/aromatic N) is 2. The van der Waals surface area contributed by atoms with Gasteiger partial charge in [-0.3, -0.25) is 0 Å². The molecule has 3 N–H and O–H groups in total. The van der Waals surface area contributed by atoms with Crippen LogP contribution in [-0.4, -0.2) is 30.2 Å². The molecule has 0 aliphatic carbocycles. The first-order valence-electron chi connectivity index (χ1n) is 7.11. The highest BCUT2D eigenvalue weighted by Crippen LogP contribution is 2.29. The SMILES string of the molecule is COc1ccccc1-c1ncc(NCCN)c(C(C)C)n1. The molecule has 0 bridgehead atoms. The lowest BCUT2D eigenvalue weighted by molar-refractivity contribution is 0.416. The van der Waals surface area contributed by atoms with E-state index in [-0.39, 0.29) is 0 Å². The molecule has 2 rings (SSSR count). The van der Waals surface area contributed by atoms with E-state index in [1.807, 2.05) is 30.5 Å². The molecule has 0 radical (unpaired) electrons. The van der Waals surface area contributed by atoms with Crippen molar-refractivity contribution in [3.63, 3.8) is 0 Å². The van der Waals surface area contributed by atoms with E-state index < -0.39 is 0 Å². The van der Waals surface area contributed by atoms with Crippen LogP contribution >= 0.6 is 0 Å². The maximum atomic E-state index is 5.54. The van der Waals surface area contributed by atoms with Gasteiger partial charge in [-0.25, -0.2) is 9.97 Å². The highest BCUT2D eigenvalue weighted by molar-refractivity contribution is 5.65. The number of benzene rings is 1.